The first-order valence-electron chi connectivity index (χ1n) is 3.29. The van der Waals surface area contributed by atoms with Crippen LogP contribution in [0.4, 0.5) is 13.2 Å². The van der Waals surface area contributed by atoms with Gasteiger partial charge in [0, 0.05) is 0 Å². The Morgan fingerprint density at radius 3 is 2.33 bits per heavy atom. The summed E-state index contributed by atoms with van der Waals surface area (Å²) in [4.78, 5) is 10.7. The van der Waals surface area contributed by atoms with Crippen molar-refractivity contribution in [3.8, 4) is 0 Å². The number of ketones is 1. The summed E-state index contributed by atoms with van der Waals surface area (Å²) in [5.74, 6) is -0.403. The van der Waals surface area contributed by atoms with E-state index in [-0.39, 0.29) is 12.1 Å². The van der Waals surface area contributed by atoms with Crippen molar-refractivity contribution in [2.75, 3.05) is 13.1 Å². The van der Waals surface area contributed by atoms with Crippen molar-refractivity contribution in [3.05, 3.63) is 12.2 Å². The van der Waals surface area contributed by atoms with Crippen LogP contribution in [0.5, 0.6) is 0 Å². The first-order valence-corrected chi connectivity index (χ1v) is 3.29. The lowest BCUT2D eigenvalue weighted by Gasteiger charge is -2.06. The summed E-state index contributed by atoms with van der Waals surface area (Å²) >= 11 is 0. The summed E-state index contributed by atoms with van der Waals surface area (Å²) in [7, 11) is 0. The highest BCUT2D eigenvalue weighted by atomic mass is 19.4. The van der Waals surface area contributed by atoms with Crippen LogP contribution in [-0.2, 0) is 4.79 Å². The van der Waals surface area contributed by atoms with Gasteiger partial charge in [-0.2, -0.15) is 13.2 Å². The molecule has 0 saturated carbocycles. The zero-order valence-electron chi connectivity index (χ0n) is 6.66. The molecular formula is C7H10F3NO. The molecule has 0 amide bonds. The fourth-order valence-corrected chi connectivity index (χ4v) is 0.469. The Morgan fingerprint density at radius 1 is 1.50 bits per heavy atom. The number of nitrogens with one attached hydrogen (secondary N) is 1. The van der Waals surface area contributed by atoms with Crippen LogP contribution in [0.2, 0.25) is 0 Å². The summed E-state index contributed by atoms with van der Waals surface area (Å²) < 4.78 is 34.5. The Balaban J connectivity index is 3.58. The summed E-state index contributed by atoms with van der Waals surface area (Å²) in [5.41, 5.74) is 0.254. The van der Waals surface area contributed by atoms with Crippen molar-refractivity contribution in [3.63, 3.8) is 0 Å². The second-order valence-electron chi connectivity index (χ2n) is 2.42. The number of carbonyl (C=O) groups is 1. The first kappa shape index (κ1) is 11.2. The summed E-state index contributed by atoms with van der Waals surface area (Å²) in [5, 5.41) is 1.97. The molecule has 0 atom stereocenters. The highest BCUT2D eigenvalue weighted by molar-refractivity contribution is 5.95. The molecule has 0 fully saturated rings. The zero-order chi connectivity index (χ0) is 9.78. The Kier molecular flexibility index (Phi) is 3.95. The van der Waals surface area contributed by atoms with Crippen molar-refractivity contribution in [1.82, 2.24) is 5.32 Å². The fourth-order valence-electron chi connectivity index (χ4n) is 0.469. The molecule has 0 radical (unpaired) electrons. The molecule has 0 spiro atoms. The molecule has 0 rings (SSSR count). The van der Waals surface area contributed by atoms with Crippen LogP contribution in [0, 0.1) is 0 Å². The maximum Gasteiger partial charge on any atom is 0.401 e. The molecule has 0 bridgehead atoms. The quantitative estimate of drug-likeness (QED) is 0.662. The largest absolute Gasteiger partial charge is 0.401 e. The number of halogens is 3. The van der Waals surface area contributed by atoms with Crippen LogP contribution in [0.1, 0.15) is 6.92 Å². The van der Waals surface area contributed by atoms with Gasteiger partial charge in [0.1, 0.15) is 0 Å². The van der Waals surface area contributed by atoms with Crippen molar-refractivity contribution in [1.29, 1.82) is 0 Å². The molecule has 0 aromatic heterocycles. The molecule has 70 valence electrons. The van der Waals surface area contributed by atoms with Gasteiger partial charge in [-0.3, -0.25) is 4.79 Å². The summed E-state index contributed by atoms with van der Waals surface area (Å²) in [6.45, 7) is 3.30. The van der Waals surface area contributed by atoms with E-state index in [1.54, 1.807) is 0 Å². The molecule has 1 N–H and O–H groups in total. The zero-order valence-corrected chi connectivity index (χ0v) is 6.66. The van der Waals surface area contributed by atoms with Crippen molar-refractivity contribution >= 4 is 5.78 Å². The molecule has 2 nitrogen and oxygen atoms in total. The third-order valence-corrected chi connectivity index (χ3v) is 1.09. The van der Waals surface area contributed by atoms with Gasteiger partial charge in [0.15, 0.2) is 5.78 Å². The Morgan fingerprint density at radius 2 is 2.00 bits per heavy atom. The van der Waals surface area contributed by atoms with E-state index in [9.17, 15) is 18.0 Å². The van der Waals surface area contributed by atoms with Gasteiger partial charge in [-0.1, -0.05) is 6.58 Å². The lowest BCUT2D eigenvalue weighted by atomic mass is 10.2. The number of hydrogen-bond donors (Lipinski definition) is 1. The maximum atomic E-state index is 11.5. The van der Waals surface area contributed by atoms with Gasteiger partial charge in [0.2, 0.25) is 0 Å². The molecule has 0 aliphatic carbocycles. The number of Topliss-reactive ketones (excluding diaryl/α,β-unsaturated/α-hetero) is 1. The van der Waals surface area contributed by atoms with Crippen LogP contribution in [0.25, 0.3) is 0 Å². The molecule has 0 heterocycles. The topological polar surface area (TPSA) is 29.1 Å². The molecular weight excluding hydrogens is 171 g/mol. The molecule has 5 heteroatoms. The van der Waals surface area contributed by atoms with E-state index in [1.165, 1.54) is 6.92 Å². The van der Waals surface area contributed by atoms with Crippen molar-refractivity contribution in [2.45, 2.75) is 13.1 Å². The predicted molar refractivity (Wildman–Crippen MR) is 38.7 cm³/mol. The van der Waals surface area contributed by atoms with E-state index in [2.05, 4.69) is 6.58 Å². The smallest absolute Gasteiger partial charge is 0.302 e. The van der Waals surface area contributed by atoms with Crippen LogP contribution in [0.15, 0.2) is 12.2 Å². The fraction of sp³-hybridized carbons (Fsp3) is 0.571. The van der Waals surface area contributed by atoms with Gasteiger partial charge in [-0.05, 0) is 12.5 Å². The van der Waals surface area contributed by atoms with Crippen LogP contribution in [0.3, 0.4) is 0 Å². The minimum atomic E-state index is -4.27. The Bertz CT molecular complexity index is 186. The van der Waals surface area contributed by atoms with Gasteiger partial charge < -0.3 is 5.32 Å². The highest BCUT2D eigenvalue weighted by Crippen LogP contribution is 2.11. The second-order valence-corrected chi connectivity index (χ2v) is 2.42. The molecule has 0 unspecified atom stereocenters. The monoisotopic (exact) mass is 181 g/mol. The Hall–Kier alpha value is -0.840. The second kappa shape index (κ2) is 4.25. The van der Waals surface area contributed by atoms with E-state index in [1.807, 2.05) is 5.32 Å². The van der Waals surface area contributed by atoms with Crippen LogP contribution in [-0.4, -0.2) is 25.0 Å². The normalized spacial score (nSPS) is 11.3. The van der Waals surface area contributed by atoms with Crippen LogP contribution >= 0.6 is 0 Å². The number of rotatable bonds is 4. The number of alkyl halides is 3. The van der Waals surface area contributed by atoms with E-state index < -0.39 is 18.5 Å². The molecule has 0 aliphatic heterocycles. The third kappa shape index (κ3) is 5.91. The Labute approximate surface area is 68.4 Å². The maximum absolute atomic E-state index is 11.5. The van der Waals surface area contributed by atoms with Crippen LogP contribution < -0.4 is 5.32 Å². The predicted octanol–water partition coefficient (Wildman–Crippen LogP) is 1.28. The van der Waals surface area contributed by atoms with Gasteiger partial charge >= 0.3 is 6.18 Å². The highest BCUT2D eigenvalue weighted by Gasteiger charge is 2.26. The average Bonchev–Trinajstić information content (AvgIpc) is 1.84. The van der Waals surface area contributed by atoms with Gasteiger partial charge in [0.25, 0.3) is 0 Å². The number of hydrogen-bond acceptors (Lipinski definition) is 2. The van der Waals surface area contributed by atoms with Crippen molar-refractivity contribution < 1.29 is 18.0 Å². The van der Waals surface area contributed by atoms with Gasteiger partial charge in [-0.25, -0.2) is 0 Å². The molecule has 0 aromatic carbocycles. The van der Waals surface area contributed by atoms with E-state index in [4.69, 9.17) is 0 Å². The molecule has 0 aromatic rings. The molecule has 12 heavy (non-hydrogen) atoms. The average molecular weight is 181 g/mol. The van der Waals surface area contributed by atoms with Crippen molar-refractivity contribution in [2.24, 2.45) is 0 Å². The van der Waals surface area contributed by atoms with E-state index in [0.717, 1.165) is 0 Å². The van der Waals surface area contributed by atoms with Gasteiger partial charge in [0.05, 0.1) is 13.1 Å². The lowest BCUT2D eigenvalue weighted by molar-refractivity contribution is -0.126. The molecule has 0 saturated heterocycles. The standard InChI is InChI=1S/C7H10F3NO/c1-5(2)6(12)3-11-4-7(8,9)10/h11H,1,3-4H2,2H3. The minimum absolute atomic E-state index is 0.254. The lowest BCUT2D eigenvalue weighted by Crippen LogP contribution is -2.32. The molecule has 0 aliphatic rings. The van der Waals surface area contributed by atoms with E-state index >= 15 is 0 Å². The third-order valence-electron chi connectivity index (χ3n) is 1.09. The first-order chi connectivity index (χ1) is 5.33. The van der Waals surface area contributed by atoms with E-state index in [0.29, 0.717) is 0 Å². The minimum Gasteiger partial charge on any atom is -0.302 e. The SMILES string of the molecule is C=C(C)C(=O)CNCC(F)(F)F. The number of carbonyl (C=O) groups excluding carboxylic acids is 1. The summed E-state index contributed by atoms with van der Waals surface area (Å²) in [6, 6.07) is 0. The van der Waals surface area contributed by atoms with Gasteiger partial charge in [-0.15, -0.1) is 0 Å². The summed E-state index contributed by atoms with van der Waals surface area (Å²) in [6.07, 6.45) is -4.27.